The van der Waals surface area contributed by atoms with Gasteiger partial charge in [0.25, 0.3) is 5.91 Å². The number of rotatable bonds is 4. The van der Waals surface area contributed by atoms with Crippen LogP contribution in [-0.4, -0.2) is 30.0 Å². The third kappa shape index (κ3) is 6.23. The fourth-order valence-electron chi connectivity index (χ4n) is 3.77. The van der Waals surface area contributed by atoms with Gasteiger partial charge in [-0.25, -0.2) is 4.98 Å². The second-order valence-corrected chi connectivity index (χ2v) is 8.65. The SMILES string of the molecule is CN(c1cc(C(F)(F)F)nc(C(F)(F)F)c1)[C@H]1CC[C@@H](NC(=O)c2ccc(Cl)cc2Cl)CC1. The van der Waals surface area contributed by atoms with Crippen LogP contribution in [0.4, 0.5) is 32.0 Å². The number of aromatic nitrogens is 1. The minimum Gasteiger partial charge on any atom is -0.371 e. The molecule has 1 amide bonds. The molecule has 0 aliphatic heterocycles. The lowest BCUT2D eigenvalue weighted by molar-refractivity contribution is -0.150. The number of alkyl halides is 6. The third-order valence-corrected chi connectivity index (χ3v) is 6.10. The molecule has 0 saturated heterocycles. The van der Waals surface area contributed by atoms with E-state index in [9.17, 15) is 31.1 Å². The lowest BCUT2D eigenvalue weighted by atomic mass is 9.90. The zero-order valence-electron chi connectivity index (χ0n) is 17.2. The number of hydrogen-bond donors (Lipinski definition) is 1. The summed E-state index contributed by atoms with van der Waals surface area (Å²) in [6.45, 7) is 0. The summed E-state index contributed by atoms with van der Waals surface area (Å²) in [5.74, 6) is -0.382. The first-order valence-electron chi connectivity index (χ1n) is 9.91. The van der Waals surface area contributed by atoms with Gasteiger partial charge in [-0.3, -0.25) is 4.79 Å². The molecule has 1 aliphatic rings. The fourth-order valence-corrected chi connectivity index (χ4v) is 4.26. The molecule has 33 heavy (non-hydrogen) atoms. The molecule has 0 bridgehead atoms. The molecule has 1 heterocycles. The largest absolute Gasteiger partial charge is 0.433 e. The number of nitrogens with one attached hydrogen (secondary N) is 1. The lowest BCUT2D eigenvalue weighted by Gasteiger charge is -2.36. The van der Waals surface area contributed by atoms with Gasteiger partial charge in [0.15, 0.2) is 0 Å². The van der Waals surface area contributed by atoms with Crippen molar-refractivity contribution in [2.75, 3.05) is 11.9 Å². The Bertz CT molecular complexity index is 988. The maximum Gasteiger partial charge on any atom is 0.433 e. The van der Waals surface area contributed by atoms with Crippen molar-refractivity contribution >= 4 is 34.8 Å². The average molecular weight is 514 g/mol. The summed E-state index contributed by atoms with van der Waals surface area (Å²) < 4.78 is 78.6. The zero-order valence-corrected chi connectivity index (χ0v) is 18.7. The van der Waals surface area contributed by atoms with Crippen LogP contribution in [0.5, 0.6) is 0 Å². The van der Waals surface area contributed by atoms with Crippen molar-refractivity contribution in [2.45, 2.75) is 50.1 Å². The van der Waals surface area contributed by atoms with Crippen LogP contribution in [0.25, 0.3) is 0 Å². The molecule has 1 fully saturated rings. The van der Waals surface area contributed by atoms with Gasteiger partial charge < -0.3 is 10.2 Å². The van der Waals surface area contributed by atoms with Crippen molar-refractivity contribution in [2.24, 2.45) is 0 Å². The number of amides is 1. The highest BCUT2D eigenvalue weighted by molar-refractivity contribution is 6.36. The topological polar surface area (TPSA) is 45.2 Å². The highest BCUT2D eigenvalue weighted by Crippen LogP contribution is 2.37. The van der Waals surface area contributed by atoms with Crippen LogP contribution in [0.2, 0.25) is 10.0 Å². The number of halogens is 8. The Morgan fingerprint density at radius 2 is 1.52 bits per heavy atom. The first-order chi connectivity index (χ1) is 15.3. The second kappa shape index (κ2) is 9.58. The third-order valence-electron chi connectivity index (χ3n) is 5.55. The van der Waals surface area contributed by atoms with E-state index in [1.54, 1.807) is 0 Å². The summed E-state index contributed by atoms with van der Waals surface area (Å²) >= 11 is 11.9. The van der Waals surface area contributed by atoms with Crippen molar-refractivity contribution in [1.82, 2.24) is 10.3 Å². The summed E-state index contributed by atoms with van der Waals surface area (Å²) in [5.41, 5.74) is -3.15. The van der Waals surface area contributed by atoms with Crippen molar-refractivity contribution < 1.29 is 31.1 Å². The van der Waals surface area contributed by atoms with Gasteiger partial charge in [-0.15, -0.1) is 0 Å². The Hall–Kier alpha value is -2.20. The van der Waals surface area contributed by atoms with Crippen LogP contribution in [0.15, 0.2) is 30.3 Å². The van der Waals surface area contributed by atoms with Crippen LogP contribution in [0, 0.1) is 0 Å². The van der Waals surface area contributed by atoms with Crippen LogP contribution in [0.3, 0.4) is 0 Å². The Kier molecular flexibility index (Phi) is 7.38. The van der Waals surface area contributed by atoms with Crippen molar-refractivity contribution in [3.63, 3.8) is 0 Å². The van der Waals surface area contributed by atoms with E-state index >= 15 is 0 Å². The van der Waals surface area contributed by atoms with Gasteiger partial charge in [0.1, 0.15) is 11.4 Å². The van der Waals surface area contributed by atoms with Gasteiger partial charge in [-0.1, -0.05) is 23.2 Å². The summed E-state index contributed by atoms with van der Waals surface area (Å²) in [6, 6.07) is 5.21. The van der Waals surface area contributed by atoms with E-state index in [-0.39, 0.29) is 34.3 Å². The average Bonchev–Trinajstić information content (AvgIpc) is 2.72. The molecule has 180 valence electrons. The van der Waals surface area contributed by atoms with Crippen LogP contribution < -0.4 is 10.2 Å². The molecule has 0 radical (unpaired) electrons. The monoisotopic (exact) mass is 513 g/mol. The maximum atomic E-state index is 13.1. The number of nitrogens with zero attached hydrogens (tertiary/aromatic N) is 2. The van der Waals surface area contributed by atoms with Crippen molar-refractivity contribution in [3.05, 3.63) is 57.3 Å². The normalized spacial score (nSPS) is 19.3. The standard InChI is InChI=1S/C21H19Cl2F6N3O/c1-32(14-9-17(20(24,25)26)31-18(10-14)21(27,28)29)13-5-3-12(4-6-13)30-19(33)15-7-2-11(22)8-16(15)23/h2,7-10,12-13H,3-6H2,1H3,(H,30,33)/t12-,13+. The predicted molar refractivity (Wildman–Crippen MR) is 113 cm³/mol. The van der Waals surface area contributed by atoms with E-state index < -0.39 is 23.7 Å². The summed E-state index contributed by atoms with van der Waals surface area (Å²) in [4.78, 5) is 16.6. The van der Waals surface area contributed by atoms with Crippen molar-refractivity contribution in [3.8, 4) is 0 Å². The van der Waals surface area contributed by atoms with Gasteiger partial charge >= 0.3 is 12.4 Å². The molecule has 1 aromatic carbocycles. The highest BCUT2D eigenvalue weighted by atomic mass is 35.5. The van der Waals surface area contributed by atoms with Crippen LogP contribution in [-0.2, 0) is 12.4 Å². The Morgan fingerprint density at radius 3 is 2.00 bits per heavy atom. The number of carbonyl (C=O) groups is 1. The first-order valence-corrected chi connectivity index (χ1v) is 10.7. The molecule has 0 unspecified atom stereocenters. The molecule has 2 aromatic rings. The highest BCUT2D eigenvalue weighted by Gasteiger charge is 2.39. The summed E-state index contributed by atoms with van der Waals surface area (Å²) in [6.07, 6.45) is -8.12. The van der Waals surface area contributed by atoms with E-state index in [2.05, 4.69) is 10.3 Å². The number of pyridine rings is 1. The summed E-state index contributed by atoms with van der Waals surface area (Å²) in [5, 5.41) is 3.45. The zero-order chi connectivity index (χ0) is 24.6. The molecule has 1 N–H and O–H groups in total. The predicted octanol–water partition coefficient (Wildman–Crippen LogP) is 6.60. The molecule has 1 aromatic heterocycles. The van der Waals surface area contributed by atoms with Crippen LogP contribution in [0.1, 0.15) is 47.4 Å². The minimum atomic E-state index is -5.01. The van der Waals surface area contributed by atoms with E-state index in [0.717, 1.165) is 0 Å². The maximum absolute atomic E-state index is 13.1. The van der Waals surface area contributed by atoms with Crippen molar-refractivity contribution in [1.29, 1.82) is 0 Å². The van der Waals surface area contributed by atoms with E-state index in [4.69, 9.17) is 23.2 Å². The molecule has 4 nitrogen and oxygen atoms in total. The lowest BCUT2D eigenvalue weighted by Crippen LogP contribution is -2.43. The second-order valence-electron chi connectivity index (χ2n) is 7.81. The molecule has 1 saturated carbocycles. The summed E-state index contributed by atoms with van der Waals surface area (Å²) in [7, 11) is 1.45. The molecule has 0 atom stereocenters. The van der Waals surface area contributed by atoms with Gasteiger partial charge in [0, 0.05) is 29.8 Å². The van der Waals surface area contributed by atoms with Gasteiger partial charge in [0.2, 0.25) is 0 Å². The molecule has 3 rings (SSSR count). The number of benzene rings is 1. The Balaban J connectivity index is 1.69. The van der Waals surface area contributed by atoms with Crippen LogP contribution >= 0.6 is 23.2 Å². The number of carbonyl (C=O) groups excluding carboxylic acids is 1. The molecule has 12 heteroatoms. The smallest absolute Gasteiger partial charge is 0.371 e. The molecular formula is C21H19Cl2F6N3O. The van der Waals surface area contributed by atoms with Gasteiger partial charge in [-0.05, 0) is 56.0 Å². The quantitative estimate of drug-likeness (QED) is 0.468. The minimum absolute atomic E-state index is 0.201. The molecule has 1 aliphatic carbocycles. The number of anilines is 1. The van der Waals surface area contributed by atoms with E-state index in [1.165, 1.54) is 30.1 Å². The van der Waals surface area contributed by atoms with Gasteiger partial charge in [-0.2, -0.15) is 26.3 Å². The van der Waals surface area contributed by atoms with E-state index in [0.29, 0.717) is 42.8 Å². The molecular weight excluding hydrogens is 495 g/mol. The Morgan fingerprint density at radius 1 is 0.970 bits per heavy atom. The van der Waals surface area contributed by atoms with Gasteiger partial charge in [0.05, 0.1) is 10.6 Å². The number of hydrogen-bond acceptors (Lipinski definition) is 3. The first kappa shape index (κ1) is 25.4. The fraction of sp³-hybridized carbons (Fsp3) is 0.429. The van der Waals surface area contributed by atoms with E-state index in [1.807, 2.05) is 0 Å². The Labute approximate surface area is 195 Å². The molecule has 0 spiro atoms.